The predicted octanol–water partition coefficient (Wildman–Crippen LogP) is 5.27. The van der Waals surface area contributed by atoms with E-state index in [-0.39, 0.29) is 10.9 Å². The number of hydrogen-bond acceptors (Lipinski definition) is 3. The van der Waals surface area contributed by atoms with Crippen molar-refractivity contribution in [3.63, 3.8) is 0 Å². The van der Waals surface area contributed by atoms with E-state index in [1.165, 1.54) is 0 Å². The molecule has 0 atom stereocenters. The van der Waals surface area contributed by atoms with E-state index >= 15 is 0 Å². The van der Waals surface area contributed by atoms with E-state index in [9.17, 15) is 4.79 Å². The summed E-state index contributed by atoms with van der Waals surface area (Å²) in [5, 5.41) is 7.38. The molecule has 5 nitrogen and oxygen atoms in total. The van der Waals surface area contributed by atoms with E-state index in [1.807, 2.05) is 25.1 Å². The Morgan fingerprint density at radius 3 is 2.50 bits per heavy atom. The molecule has 0 saturated carbocycles. The molecule has 0 fully saturated rings. The molecule has 1 heterocycles. The van der Waals surface area contributed by atoms with Crippen molar-refractivity contribution in [3.8, 4) is 0 Å². The summed E-state index contributed by atoms with van der Waals surface area (Å²) in [6.07, 6.45) is 0. The van der Waals surface area contributed by atoms with Crippen LogP contribution in [-0.4, -0.2) is 24.0 Å². The number of nitrogens with one attached hydrogen (secondary N) is 1. The largest absolute Gasteiger partial charge is 0.412 e. The lowest BCUT2D eigenvalue weighted by atomic mass is 10.2. The van der Waals surface area contributed by atoms with Crippen LogP contribution in [0.25, 0.3) is 0 Å². The molecule has 0 unspecified atom stereocenters. The van der Waals surface area contributed by atoms with Gasteiger partial charge in [0.15, 0.2) is 8.32 Å². The number of rotatable bonds is 5. The maximum absolute atomic E-state index is 12.7. The number of carbonyl (C=O) groups is 1. The van der Waals surface area contributed by atoms with Crippen molar-refractivity contribution in [3.05, 3.63) is 45.7 Å². The molecule has 0 aliphatic rings. The molecule has 0 aliphatic heterocycles. The first-order chi connectivity index (χ1) is 11.9. The number of hydrogen-bond donors (Lipinski definition) is 1. The van der Waals surface area contributed by atoms with E-state index in [0.717, 1.165) is 21.4 Å². The second-order valence-electron chi connectivity index (χ2n) is 8.10. The van der Waals surface area contributed by atoms with E-state index in [4.69, 9.17) is 4.43 Å². The number of aryl methyl sites for hydroxylation is 2. The minimum Gasteiger partial charge on any atom is -0.412 e. The molecule has 0 bridgehead atoms. The topological polar surface area (TPSA) is 56.1 Å². The SMILES string of the molecule is Cc1cc(C(=O)Nc2cc(Br)ccc2CO[Si](C)(C)C(C)(C)C)n(C)n1. The minimum atomic E-state index is -1.87. The molecular weight excluding hydrogens is 410 g/mol. The molecule has 26 heavy (non-hydrogen) atoms. The summed E-state index contributed by atoms with van der Waals surface area (Å²) >= 11 is 3.48. The Morgan fingerprint density at radius 1 is 1.31 bits per heavy atom. The van der Waals surface area contributed by atoms with Gasteiger partial charge in [0.1, 0.15) is 5.69 Å². The quantitative estimate of drug-likeness (QED) is 0.648. The zero-order chi connectivity index (χ0) is 19.7. The van der Waals surface area contributed by atoms with Crippen LogP contribution in [0, 0.1) is 6.92 Å². The van der Waals surface area contributed by atoms with Gasteiger partial charge in [-0.15, -0.1) is 0 Å². The van der Waals surface area contributed by atoms with Crippen LogP contribution in [0.3, 0.4) is 0 Å². The molecule has 0 radical (unpaired) electrons. The van der Waals surface area contributed by atoms with Gasteiger partial charge in [0.25, 0.3) is 5.91 Å². The lowest BCUT2D eigenvalue weighted by molar-refractivity contribution is 0.101. The van der Waals surface area contributed by atoms with Gasteiger partial charge >= 0.3 is 0 Å². The number of aromatic nitrogens is 2. The average molecular weight is 438 g/mol. The molecule has 0 saturated heterocycles. The van der Waals surface area contributed by atoms with Crippen LogP contribution < -0.4 is 5.32 Å². The standard InChI is InChI=1S/C19H28BrN3O2Si/c1-13-10-17(23(5)22-13)18(24)21-16-11-15(20)9-8-14(16)12-25-26(6,7)19(2,3)4/h8-11H,12H2,1-7H3,(H,21,24). The van der Waals surface area contributed by atoms with Crippen molar-refractivity contribution >= 4 is 35.8 Å². The van der Waals surface area contributed by atoms with Crippen LogP contribution in [0.4, 0.5) is 5.69 Å². The van der Waals surface area contributed by atoms with Crippen LogP contribution in [-0.2, 0) is 18.1 Å². The number of benzene rings is 1. The second kappa shape index (κ2) is 7.66. The van der Waals surface area contributed by atoms with Crippen LogP contribution in [0.1, 0.15) is 42.5 Å². The Labute approximate surface area is 165 Å². The first kappa shape index (κ1) is 20.9. The van der Waals surface area contributed by atoms with Gasteiger partial charge in [0, 0.05) is 22.8 Å². The average Bonchev–Trinajstić information content (AvgIpc) is 2.84. The Balaban J connectivity index is 2.22. The summed E-state index contributed by atoms with van der Waals surface area (Å²) in [5.41, 5.74) is 3.05. The third-order valence-corrected chi connectivity index (χ3v) is 9.92. The zero-order valence-corrected chi connectivity index (χ0v) is 19.2. The number of halogens is 1. The van der Waals surface area contributed by atoms with Gasteiger partial charge in [-0.05, 0) is 43.3 Å². The van der Waals surface area contributed by atoms with Gasteiger partial charge in [-0.3, -0.25) is 9.48 Å². The molecule has 1 aromatic carbocycles. The Bertz CT molecular complexity index is 810. The van der Waals surface area contributed by atoms with E-state index < -0.39 is 8.32 Å². The minimum absolute atomic E-state index is 0.137. The molecule has 2 rings (SSSR count). The molecule has 1 aromatic heterocycles. The van der Waals surface area contributed by atoms with E-state index in [1.54, 1.807) is 17.8 Å². The summed E-state index contributed by atoms with van der Waals surface area (Å²) in [4.78, 5) is 12.7. The lowest BCUT2D eigenvalue weighted by Crippen LogP contribution is -2.40. The molecular formula is C19H28BrN3O2Si. The Hall–Kier alpha value is -1.44. The van der Waals surface area contributed by atoms with Crippen LogP contribution in [0.15, 0.2) is 28.7 Å². The van der Waals surface area contributed by atoms with E-state index in [2.05, 4.69) is 60.2 Å². The highest BCUT2D eigenvalue weighted by Crippen LogP contribution is 2.37. The highest BCUT2D eigenvalue weighted by molar-refractivity contribution is 9.10. The normalized spacial score (nSPS) is 12.3. The van der Waals surface area contributed by atoms with Crippen LogP contribution >= 0.6 is 15.9 Å². The van der Waals surface area contributed by atoms with Gasteiger partial charge in [-0.25, -0.2) is 0 Å². The number of nitrogens with zero attached hydrogens (tertiary/aromatic N) is 2. The monoisotopic (exact) mass is 437 g/mol. The molecule has 0 aliphatic carbocycles. The fourth-order valence-corrected chi connectivity index (χ4v) is 3.59. The fourth-order valence-electron chi connectivity index (χ4n) is 2.28. The summed E-state index contributed by atoms with van der Waals surface area (Å²) in [7, 11) is -0.104. The second-order valence-corrected chi connectivity index (χ2v) is 13.8. The molecule has 1 amide bonds. The summed E-state index contributed by atoms with van der Waals surface area (Å²) in [6, 6.07) is 7.64. The van der Waals surface area contributed by atoms with Crippen molar-refractivity contribution in [2.75, 3.05) is 5.32 Å². The van der Waals surface area contributed by atoms with Gasteiger partial charge in [-0.2, -0.15) is 5.10 Å². The summed E-state index contributed by atoms with van der Waals surface area (Å²) in [6.45, 7) is 13.4. The molecule has 7 heteroatoms. The van der Waals surface area contributed by atoms with Gasteiger partial charge in [0.05, 0.1) is 12.3 Å². The molecule has 1 N–H and O–H groups in total. The third kappa shape index (κ3) is 4.84. The predicted molar refractivity (Wildman–Crippen MR) is 112 cm³/mol. The maximum atomic E-state index is 12.7. The highest BCUT2D eigenvalue weighted by Gasteiger charge is 2.37. The smallest absolute Gasteiger partial charge is 0.273 e. The molecule has 142 valence electrons. The summed E-state index contributed by atoms with van der Waals surface area (Å²) < 4.78 is 8.83. The lowest BCUT2D eigenvalue weighted by Gasteiger charge is -2.36. The van der Waals surface area contributed by atoms with Crippen LogP contribution in [0.2, 0.25) is 18.1 Å². The van der Waals surface area contributed by atoms with E-state index in [0.29, 0.717) is 12.3 Å². The van der Waals surface area contributed by atoms with Gasteiger partial charge in [0.2, 0.25) is 0 Å². The Morgan fingerprint density at radius 2 is 1.96 bits per heavy atom. The Kier molecular flexibility index (Phi) is 6.15. The first-order valence-corrected chi connectivity index (χ1v) is 12.4. The number of amides is 1. The van der Waals surface area contributed by atoms with Crippen molar-refractivity contribution in [2.24, 2.45) is 7.05 Å². The maximum Gasteiger partial charge on any atom is 0.273 e. The zero-order valence-electron chi connectivity index (χ0n) is 16.6. The molecule has 2 aromatic rings. The fraction of sp³-hybridized carbons (Fsp3) is 0.474. The summed E-state index contributed by atoms with van der Waals surface area (Å²) in [5.74, 6) is -0.181. The van der Waals surface area contributed by atoms with Crippen molar-refractivity contribution in [1.82, 2.24) is 9.78 Å². The third-order valence-electron chi connectivity index (χ3n) is 4.95. The first-order valence-electron chi connectivity index (χ1n) is 8.65. The molecule has 0 spiro atoms. The number of anilines is 1. The van der Waals surface area contributed by atoms with Gasteiger partial charge in [-0.1, -0.05) is 42.8 Å². The highest BCUT2D eigenvalue weighted by atomic mass is 79.9. The van der Waals surface area contributed by atoms with Gasteiger partial charge < -0.3 is 9.74 Å². The van der Waals surface area contributed by atoms with Crippen LogP contribution in [0.5, 0.6) is 0 Å². The van der Waals surface area contributed by atoms with Crippen molar-refractivity contribution in [2.45, 2.75) is 52.4 Å². The van der Waals surface area contributed by atoms with Crippen molar-refractivity contribution < 1.29 is 9.22 Å². The number of carbonyl (C=O) groups excluding carboxylic acids is 1. The van der Waals surface area contributed by atoms with Crippen molar-refractivity contribution in [1.29, 1.82) is 0 Å².